The Morgan fingerprint density at radius 2 is 1.88 bits per heavy atom. The van der Waals surface area contributed by atoms with Gasteiger partial charge in [0.25, 0.3) is 5.91 Å². The third-order valence-corrected chi connectivity index (χ3v) is 8.79. The molecule has 33 heavy (non-hydrogen) atoms. The first kappa shape index (κ1) is 23.7. The van der Waals surface area contributed by atoms with Gasteiger partial charge in [-0.1, -0.05) is 29.0 Å². The van der Waals surface area contributed by atoms with E-state index in [-0.39, 0.29) is 35.6 Å². The van der Waals surface area contributed by atoms with E-state index in [4.69, 9.17) is 4.74 Å². The molecule has 0 atom stereocenters. The van der Waals surface area contributed by atoms with Crippen molar-refractivity contribution < 1.29 is 22.3 Å². The smallest absolute Gasteiger partial charge is 0.251 e. The Labute approximate surface area is 196 Å². The van der Waals surface area contributed by atoms with Gasteiger partial charge in [-0.05, 0) is 50.1 Å². The number of methoxy groups -OCH3 is 1. The summed E-state index contributed by atoms with van der Waals surface area (Å²) in [6, 6.07) is 11.3. The van der Waals surface area contributed by atoms with Gasteiger partial charge < -0.3 is 9.30 Å². The van der Waals surface area contributed by atoms with E-state index in [1.165, 1.54) is 27.8 Å². The predicted octanol–water partition coefficient (Wildman–Crippen LogP) is 3.32. The van der Waals surface area contributed by atoms with Gasteiger partial charge in [0.2, 0.25) is 10.0 Å². The largest absolute Gasteiger partial charge is 0.383 e. The summed E-state index contributed by atoms with van der Waals surface area (Å²) in [4.78, 5) is 18.1. The normalized spacial score (nSPS) is 16.5. The molecule has 0 saturated carbocycles. The van der Waals surface area contributed by atoms with Crippen molar-refractivity contribution in [3.05, 3.63) is 58.6 Å². The molecule has 0 unspecified atom stereocenters. The van der Waals surface area contributed by atoms with E-state index in [2.05, 4.69) is 4.99 Å². The molecule has 4 rings (SSSR count). The lowest BCUT2D eigenvalue weighted by atomic mass is 9.98. The number of halogens is 1. The molecule has 0 aliphatic carbocycles. The number of piperidine rings is 1. The fourth-order valence-electron chi connectivity index (χ4n) is 3.92. The van der Waals surface area contributed by atoms with Crippen molar-refractivity contribution in [1.29, 1.82) is 0 Å². The molecule has 0 spiro atoms. The number of amides is 1. The van der Waals surface area contributed by atoms with Crippen molar-refractivity contribution in [1.82, 2.24) is 8.87 Å². The monoisotopic (exact) mass is 491 g/mol. The number of aromatic nitrogens is 1. The van der Waals surface area contributed by atoms with E-state index in [9.17, 15) is 17.6 Å². The molecule has 0 bridgehead atoms. The Bertz CT molecular complexity index is 1320. The molecule has 1 saturated heterocycles. The van der Waals surface area contributed by atoms with Crippen molar-refractivity contribution >= 4 is 37.5 Å². The fraction of sp³-hybridized carbons (Fsp3) is 0.391. The second kappa shape index (κ2) is 9.84. The van der Waals surface area contributed by atoms with Gasteiger partial charge in [-0.2, -0.15) is 9.30 Å². The van der Waals surface area contributed by atoms with Gasteiger partial charge in [-0.3, -0.25) is 4.79 Å². The number of rotatable bonds is 6. The van der Waals surface area contributed by atoms with Crippen LogP contribution in [0.25, 0.3) is 10.2 Å². The number of hydrogen-bond donors (Lipinski definition) is 0. The van der Waals surface area contributed by atoms with Crippen LogP contribution in [0.15, 0.2) is 52.4 Å². The lowest BCUT2D eigenvalue weighted by Gasteiger charge is -2.29. The van der Waals surface area contributed by atoms with Crippen molar-refractivity contribution in [2.45, 2.75) is 31.2 Å². The lowest BCUT2D eigenvalue weighted by Crippen LogP contribution is -2.40. The van der Waals surface area contributed by atoms with Crippen LogP contribution in [-0.2, 0) is 26.1 Å². The van der Waals surface area contributed by atoms with Crippen LogP contribution in [0.1, 0.15) is 18.4 Å². The van der Waals surface area contributed by atoms with Crippen molar-refractivity contribution in [3.63, 3.8) is 0 Å². The summed E-state index contributed by atoms with van der Waals surface area (Å²) in [6.45, 7) is 3.36. The minimum absolute atomic E-state index is 0.263. The summed E-state index contributed by atoms with van der Waals surface area (Å²) in [5, 5.41) is 0. The molecule has 3 aromatic rings. The highest BCUT2D eigenvalue weighted by atomic mass is 32.2. The van der Waals surface area contributed by atoms with Gasteiger partial charge >= 0.3 is 0 Å². The van der Waals surface area contributed by atoms with E-state index < -0.39 is 10.0 Å². The SMILES string of the molecule is COCCn1c(=NC(=O)C2CCN(S(=O)(=O)c3ccc(C)cc3)CC2)sc2cc(F)ccc21. The summed E-state index contributed by atoms with van der Waals surface area (Å²) < 4.78 is 48.7. The molecule has 7 nitrogen and oxygen atoms in total. The van der Waals surface area contributed by atoms with Crippen LogP contribution in [0.4, 0.5) is 4.39 Å². The second-order valence-corrected chi connectivity index (χ2v) is 11.0. The molecule has 0 N–H and O–H groups in total. The Morgan fingerprint density at radius 3 is 2.55 bits per heavy atom. The topological polar surface area (TPSA) is 81.0 Å². The van der Waals surface area contributed by atoms with Crippen molar-refractivity contribution in [2.24, 2.45) is 10.9 Å². The predicted molar refractivity (Wildman–Crippen MR) is 125 cm³/mol. The number of nitrogens with zero attached hydrogens (tertiary/aromatic N) is 3. The second-order valence-electron chi connectivity index (χ2n) is 8.08. The van der Waals surface area contributed by atoms with Crippen LogP contribution >= 0.6 is 11.3 Å². The van der Waals surface area contributed by atoms with Crippen molar-refractivity contribution in [2.75, 3.05) is 26.8 Å². The Hall–Kier alpha value is -2.40. The first-order valence-electron chi connectivity index (χ1n) is 10.7. The van der Waals surface area contributed by atoms with E-state index in [1.807, 2.05) is 11.5 Å². The molecule has 2 aromatic carbocycles. The van der Waals surface area contributed by atoms with Gasteiger partial charge in [-0.15, -0.1) is 0 Å². The maximum atomic E-state index is 13.7. The van der Waals surface area contributed by atoms with Crippen LogP contribution in [0.2, 0.25) is 0 Å². The molecule has 2 heterocycles. The Morgan fingerprint density at radius 1 is 1.18 bits per heavy atom. The highest BCUT2D eigenvalue weighted by Gasteiger charge is 2.32. The quantitative estimate of drug-likeness (QED) is 0.530. The number of hydrogen-bond acceptors (Lipinski definition) is 5. The minimum atomic E-state index is -3.59. The van der Waals surface area contributed by atoms with Crippen LogP contribution in [-0.4, -0.2) is 50.0 Å². The van der Waals surface area contributed by atoms with Gasteiger partial charge in [0.15, 0.2) is 4.80 Å². The number of thiazole rings is 1. The van der Waals surface area contributed by atoms with Crippen LogP contribution in [0.3, 0.4) is 0 Å². The average molecular weight is 492 g/mol. The zero-order valence-electron chi connectivity index (χ0n) is 18.5. The van der Waals surface area contributed by atoms with Gasteiger partial charge in [-0.25, -0.2) is 12.8 Å². The third kappa shape index (κ3) is 5.08. The number of fused-ring (bicyclic) bond motifs is 1. The minimum Gasteiger partial charge on any atom is -0.383 e. The van der Waals surface area contributed by atoms with Crippen LogP contribution in [0, 0.1) is 18.7 Å². The summed E-state index contributed by atoms with van der Waals surface area (Å²) >= 11 is 1.26. The summed E-state index contributed by atoms with van der Waals surface area (Å²) in [5.41, 5.74) is 1.79. The molecule has 10 heteroatoms. The number of aryl methyl sites for hydroxylation is 1. The Balaban J connectivity index is 1.52. The van der Waals surface area contributed by atoms with Crippen LogP contribution < -0.4 is 4.80 Å². The lowest BCUT2D eigenvalue weighted by molar-refractivity contribution is -0.122. The molecule has 1 aliphatic rings. The van der Waals surface area contributed by atoms with Gasteiger partial charge in [0.05, 0.1) is 21.7 Å². The zero-order chi connectivity index (χ0) is 23.6. The number of sulfonamides is 1. The number of carbonyl (C=O) groups is 1. The summed E-state index contributed by atoms with van der Waals surface area (Å²) in [7, 11) is -1.99. The number of benzene rings is 2. The maximum absolute atomic E-state index is 13.7. The molecule has 0 radical (unpaired) electrons. The molecule has 1 aliphatic heterocycles. The highest BCUT2D eigenvalue weighted by molar-refractivity contribution is 7.89. The molecule has 1 aromatic heterocycles. The third-order valence-electron chi connectivity index (χ3n) is 5.83. The average Bonchev–Trinajstić information content (AvgIpc) is 3.13. The molecule has 1 fully saturated rings. The van der Waals surface area contributed by atoms with Gasteiger partial charge in [0, 0.05) is 32.7 Å². The number of carbonyl (C=O) groups excluding carboxylic acids is 1. The number of ether oxygens (including phenoxy) is 1. The van der Waals surface area contributed by atoms with Gasteiger partial charge in [0.1, 0.15) is 5.82 Å². The first-order chi connectivity index (χ1) is 15.8. The maximum Gasteiger partial charge on any atom is 0.251 e. The highest BCUT2D eigenvalue weighted by Crippen LogP contribution is 2.25. The van der Waals surface area contributed by atoms with E-state index >= 15 is 0 Å². The zero-order valence-corrected chi connectivity index (χ0v) is 20.2. The molecule has 1 amide bonds. The standard InChI is InChI=1S/C23H26FN3O4S2/c1-16-3-6-19(7-4-16)33(29,30)26-11-9-17(10-12-26)22(28)25-23-27(13-14-31-2)20-8-5-18(24)15-21(20)32-23/h3-8,15,17H,9-14H2,1-2H3. The van der Waals surface area contributed by atoms with Crippen molar-refractivity contribution in [3.8, 4) is 0 Å². The summed E-state index contributed by atoms with van der Waals surface area (Å²) in [6.07, 6.45) is 0.816. The van der Waals surface area contributed by atoms with E-state index in [1.54, 1.807) is 37.4 Å². The fourth-order valence-corrected chi connectivity index (χ4v) is 6.48. The van der Waals surface area contributed by atoms with Crippen LogP contribution in [0.5, 0.6) is 0 Å². The van der Waals surface area contributed by atoms with E-state index in [0.717, 1.165) is 11.1 Å². The molecular formula is C23H26FN3O4S2. The Kier molecular flexibility index (Phi) is 7.08. The molecular weight excluding hydrogens is 465 g/mol. The molecule has 176 valence electrons. The first-order valence-corrected chi connectivity index (χ1v) is 13.0. The summed E-state index contributed by atoms with van der Waals surface area (Å²) in [5.74, 6) is -0.976. The van der Waals surface area contributed by atoms with E-state index in [0.29, 0.717) is 35.5 Å².